The normalized spacial score (nSPS) is 29.1. The van der Waals surface area contributed by atoms with Gasteiger partial charge in [0.1, 0.15) is 0 Å². The molecule has 1 aromatic heterocycles. The average Bonchev–Trinajstić information content (AvgIpc) is 3.04. The predicted octanol–water partition coefficient (Wildman–Crippen LogP) is 4.09. The Morgan fingerprint density at radius 3 is 2.61 bits per heavy atom. The van der Waals surface area contributed by atoms with Crippen LogP contribution in [0.4, 0.5) is 4.79 Å². The molecule has 2 aromatic rings. The Balaban J connectivity index is 1.57. The SMILES string of the molecule is Cn1cnc2cc3c(cc21)[C@]1(C)CCN(C(=O)N2CCCCC2)[C@H](C3)C1(C)C. The third kappa shape index (κ3) is 2.31. The van der Waals surface area contributed by atoms with E-state index in [1.165, 1.54) is 23.1 Å². The zero-order chi connectivity index (χ0) is 19.7. The molecule has 2 atom stereocenters. The van der Waals surface area contributed by atoms with Crippen molar-refractivity contribution in [1.29, 1.82) is 0 Å². The zero-order valence-electron chi connectivity index (χ0n) is 17.7. The number of piperidine rings is 2. The van der Waals surface area contributed by atoms with Gasteiger partial charge in [0.05, 0.1) is 17.4 Å². The molecule has 0 spiro atoms. The van der Waals surface area contributed by atoms with Gasteiger partial charge < -0.3 is 14.4 Å². The number of imidazole rings is 1. The number of carbonyl (C=O) groups is 1. The Hall–Kier alpha value is -2.04. The monoisotopic (exact) mass is 380 g/mol. The van der Waals surface area contributed by atoms with Crippen LogP contribution in [0.25, 0.3) is 11.0 Å². The molecule has 3 heterocycles. The molecule has 2 aliphatic heterocycles. The number of likely N-dealkylation sites (tertiary alicyclic amines) is 2. The summed E-state index contributed by atoms with van der Waals surface area (Å²) in [4.78, 5) is 22.3. The van der Waals surface area contributed by atoms with Crippen molar-refractivity contribution in [3.8, 4) is 0 Å². The van der Waals surface area contributed by atoms with E-state index in [-0.39, 0.29) is 22.9 Å². The van der Waals surface area contributed by atoms with Crippen molar-refractivity contribution in [2.45, 2.75) is 64.3 Å². The number of urea groups is 1. The maximum atomic E-state index is 13.4. The summed E-state index contributed by atoms with van der Waals surface area (Å²) in [5, 5.41) is 0. The molecule has 2 saturated heterocycles. The van der Waals surface area contributed by atoms with E-state index in [1.54, 1.807) is 0 Å². The Bertz CT molecular complexity index is 939. The van der Waals surface area contributed by atoms with Crippen molar-refractivity contribution in [2.75, 3.05) is 19.6 Å². The number of nitrogens with zero attached hydrogens (tertiary/aromatic N) is 4. The van der Waals surface area contributed by atoms with Crippen LogP contribution in [0.3, 0.4) is 0 Å². The standard InChI is InChI=1S/C23H32N4O/c1-22(2)20-13-16-12-18-19(25(4)15-24-18)14-17(16)23(22,3)8-11-27(20)21(28)26-9-6-5-7-10-26/h12,14-15,20H,5-11,13H2,1-4H3/t20-,23+/m1/s1. The molecular weight excluding hydrogens is 348 g/mol. The Morgan fingerprint density at radius 2 is 1.86 bits per heavy atom. The highest BCUT2D eigenvalue weighted by Crippen LogP contribution is 2.56. The first-order chi connectivity index (χ1) is 13.3. The lowest BCUT2D eigenvalue weighted by molar-refractivity contribution is -0.0241. The summed E-state index contributed by atoms with van der Waals surface area (Å²) < 4.78 is 2.12. The number of fused-ring (bicyclic) bond motifs is 5. The second-order valence-corrected chi connectivity index (χ2v) is 9.90. The minimum atomic E-state index is 0.0377. The van der Waals surface area contributed by atoms with Gasteiger partial charge in [-0.1, -0.05) is 20.8 Å². The summed E-state index contributed by atoms with van der Waals surface area (Å²) in [5.74, 6) is 0. The highest BCUT2D eigenvalue weighted by atomic mass is 16.2. The van der Waals surface area contributed by atoms with Gasteiger partial charge in [-0.2, -0.15) is 0 Å². The smallest absolute Gasteiger partial charge is 0.320 e. The van der Waals surface area contributed by atoms with E-state index in [1.807, 2.05) is 6.33 Å². The Morgan fingerprint density at radius 1 is 1.11 bits per heavy atom. The summed E-state index contributed by atoms with van der Waals surface area (Å²) in [6.07, 6.45) is 7.40. The zero-order valence-corrected chi connectivity index (χ0v) is 17.7. The van der Waals surface area contributed by atoms with E-state index in [9.17, 15) is 4.79 Å². The Labute approximate surface area is 167 Å². The van der Waals surface area contributed by atoms with Crippen molar-refractivity contribution in [1.82, 2.24) is 19.4 Å². The third-order valence-corrected chi connectivity index (χ3v) is 8.31. The van der Waals surface area contributed by atoms with Crippen LogP contribution in [0.5, 0.6) is 0 Å². The number of carbonyl (C=O) groups excluding carboxylic acids is 1. The topological polar surface area (TPSA) is 41.4 Å². The van der Waals surface area contributed by atoms with Gasteiger partial charge in [-0.3, -0.25) is 0 Å². The molecule has 0 unspecified atom stereocenters. The largest absolute Gasteiger partial charge is 0.334 e. The minimum Gasteiger partial charge on any atom is -0.334 e. The molecule has 2 fully saturated rings. The van der Waals surface area contributed by atoms with Gasteiger partial charge in [-0.25, -0.2) is 9.78 Å². The van der Waals surface area contributed by atoms with Gasteiger partial charge in [0.15, 0.2) is 0 Å². The molecule has 2 amide bonds. The van der Waals surface area contributed by atoms with E-state index >= 15 is 0 Å². The number of aromatic nitrogens is 2. The van der Waals surface area contributed by atoms with Crippen LogP contribution in [-0.4, -0.2) is 51.1 Å². The van der Waals surface area contributed by atoms with Crippen LogP contribution in [0.2, 0.25) is 0 Å². The number of aryl methyl sites for hydroxylation is 1. The van der Waals surface area contributed by atoms with Crippen molar-refractivity contribution in [3.63, 3.8) is 0 Å². The third-order valence-electron chi connectivity index (χ3n) is 8.31. The molecule has 28 heavy (non-hydrogen) atoms. The highest BCUT2D eigenvalue weighted by Gasteiger charge is 2.57. The van der Waals surface area contributed by atoms with Gasteiger partial charge >= 0.3 is 6.03 Å². The number of amides is 2. The van der Waals surface area contributed by atoms with Gasteiger partial charge in [-0.05, 0) is 60.8 Å². The fraction of sp³-hybridized carbons (Fsp3) is 0.652. The molecule has 3 aliphatic rings. The maximum absolute atomic E-state index is 13.4. The molecular formula is C23H32N4O. The van der Waals surface area contributed by atoms with Gasteiger partial charge in [0, 0.05) is 38.1 Å². The summed E-state index contributed by atoms with van der Waals surface area (Å²) in [6, 6.07) is 5.16. The Kier molecular flexibility index (Phi) is 3.85. The molecule has 2 bridgehead atoms. The van der Waals surface area contributed by atoms with E-state index in [0.717, 1.165) is 50.8 Å². The van der Waals surface area contributed by atoms with Crippen molar-refractivity contribution >= 4 is 17.1 Å². The van der Waals surface area contributed by atoms with Crippen LogP contribution >= 0.6 is 0 Å². The predicted molar refractivity (Wildman–Crippen MR) is 111 cm³/mol. The minimum absolute atomic E-state index is 0.0377. The number of benzene rings is 1. The van der Waals surface area contributed by atoms with Gasteiger partial charge in [0.25, 0.3) is 0 Å². The van der Waals surface area contributed by atoms with Crippen molar-refractivity contribution in [3.05, 3.63) is 29.6 Å². The summed E-state index contributed by atoms with van der Waals surface area (Å²) in [6.45, 7) is 9.88. The molecule has 0 radical (unpaired) electrons. The fourth-order valence-electron chi connectivity index (χ4n) is 6.03. The number of hydrogen-bond donors (Lipinski definition) is 0. The van der Waals surface area contributed by atoms with Crippen LogP contribution in [0, 0.1) is 5.41 Å². The lowest BCUT2D eigenvalue weighted by Gasteiger charge is -2.61. The second kappa shape index (κ2) is 5.98. The molecule has 5 nitrogen and oxygen atoms in total. The summed E-state index contributed by atoms with van der Waals surface area (Å²) in [7, 11) is 2.07. The first-order valence-corrected chi connectivity index (χ1v) is 10.8. The lowest BCUT2D eigenvalue weighted by atomic mass is 9.51. The molecule has 0 N–H and O–H groups in total. The number of rotatable bonds is 0. The summed E-state index contributed by atoms with van der Waals surface area (Å²) in [5.41, 5.74) is 5.24. The van der Waals surface area contributed by atoms with E-state index in [4.69, 9.17) is 0 Å². The van der Waals surface area contributed by atoms with E-state index in [2.05, 4.69) is 59.3 Å². The maximum Gasteiger partial charge on any atom is 0.320 e. The van der Waals surface area contributed by atoms with Gasteiger partial charge in [-0.15, -0.1) is 0 Å². The molecule has 0 saturated carbocycles. The van der Waals surface area contributed by atoms with Crippen LogP contribution in [0.1, 0.15) is 57.6 Å². The number of hydrogen-bond acceptors (Lipinski definition) is 2. The fourth-order valence-corrected chi connectivity index (χ4v) is 6.03. The molecule has 1 aliphatic carbocycles. The summed E-state index contributed by atoms with van der Waals surface area (Å²) >= 11 is 0. The first kappa shape index (κ1) is 18.0. The van der Waals surface area contributed by atoms with E-state index in [0.29, 0.717) is 0 Å². The lowest BCUT2D eigenvalue weighted by Crippen LogP contribution is -2.66. The second-order valence-electron chi connectivity index (χ2n) is 9.90. The van der Waals surface area contributed by atoms with Crippen LogP contribution in [0.15, 0.2) is 18.5 Å². The average molecular weight is 381 g/mol. The molecule has 5 heteroatoms. The molecule has 150 valence electrons. The van der Waals surface area contributed by atoms with Crippen molar-refractivity contribution in [2.24, 2.45) is 12.5 Å². The van der Waals surface area contributed by atoms with Gasteiger partial charge in [0.2, 0.25) is 0 Å². The quantitative estimate of drug-likeness (QED) is 0.691. The molecule has 1 aromatic carbocycles. The first-order valence-electron chi connectivity index (χ1n) is 10.8. The van der Waals surface area contributed by atoms with Crippen LogP contribution < -0.4 is 0 Å². The molecule has 5 rings (SSSR count). The van der Waals surface area contributed by atoms with E-state index < -0.39 is 0 Å². The highest BCUT2D eigenvalue weighted by molar-refractivity contribution is 5.79. The van der Waals surface area contributed by atoms with Crippen molar-refractivity contribution < 1.29 is 4.79 Å². The van der Waals surface area contributed by atoms with Crippen LogP contribution in [-0.2, 0) is 18.9 Å².